The maximum atomic E-state index is 14.4. The largest absolute Gasteiger partial charge is 0.477 e. The first kappa shape index (κ1) is 39.7. The van der Waals surface area contributed by atoms with Gasteiger partial charge < -0.3 is 24.8 Å². The Kier molecular flexibility index (Phi) is 17.6. The van der Waals surface area contributed by atoms with E-state index in [4.69, 9.17) is 15.9 Å². The number of nitrogens with one attached hydrogen (secondary N) is 1. The number of likely N-dealkylation sites (N-methyl/N-ethyl adjacent to an activating group) is 1. The summed E-state index contributed by atoms with van der Waals surface area (Å²) in [7, 11) is 1.90. The lowest BCUT2D eigenvalue weighted by Crippen LogP contribution is -2.59. The molecule has 0 aliphatic carbocycles. The smallest absolute Gasteiger partial charge is 0.344 e. The van der Waals surface area contributed by atoms with Crippen LogP contribution < -0.4 is 5.32 Å². The van der Waals surface area contributed by atoms with Gasteiger partial charge in [0.15, 0.2) is 6.73 Å². The van der Waals surface area contributed by atoms with Gasteiger partial charge in [-0.05, 0) is 50.1 Å². The number of amides is 2. The zero-order chi connectivity index (χ0) is 34.3. The molecule has 0 aromatic carbocycles. The third-order valence-electron chi connectivity index (χ3n) is 7.96. The van der Waals surface area contributed by atoms with Crippen molar-refractivity contribution in [2.45, 2.75) is 111 Å². The monoisotopic (exact) mass is 649 g/mol. The van der Waals surface area contributed by atoms with Gasteiger partial charge in [0.1, 0.15) is 17.7 Å². The molecule has 1 heterocycles. The maximum Gasteiger partial charge on any atom is 0.344 e. The number of nitrogens with zero attached hydrogens (tertiary/aromatic N) is 2. The number of hydrogen-bond acceptors (Lipinski definition) is 9. The molecule has 1 aliphatic rings. The molecule has 11 nitrogen and oxygen atoms in total. The highest BCUT2D eigenvalue weighted by atomic mass is 32.2. The van der Waals surface area contributed by atoms with Crippen LogP contribution in [0.5, 0.6) is 0 Å². The van der Waals surface area contributed by atoms with Crippen molar-refractivity contribution in [3.63, 3.8) is 0 Å². The first-order valence-electron chi connectivity index (χ1n) is 15.6. The predicted octanol–water partition coefficient (Wildman–Crippen LogP) is 4.33. The van der Waals surface area contributed by atoms with E-state index in [1.54, 1.807) is 0 Å². The first-order chi connectivity index (χ1) is 21.2. The van der Waals surface area contributed by atoms with Crippen LogP contribution in [-0.4, -0.2) is 89.2 Å². The summed E-state index contributed by atoms with van der Waals surface area (Å²) in [4.78, 5) is 67.6. The SMILES string of the molecule is C#C/C(=C\SC(=C)[C@@H](CC(C(C)C)N(COC(=O)CCC)C(=O)[C@@H](NC(=O)[C@H]1CCCCN1C)[C@@H](C)CC)OC(C)=O)C(=O)O. The van der Waals surface area contributed by atoms with Crippen molar-refractivity contribution in [3.05, 3.63) is 22.5 Å². The highest BCUT2D eigenvalue weighted by Crippen LogP contribution is 2.30. The van der Waals surface area contributed by atoms with E-state index in [1.165, 1.54) is 17.2 Å². The number of piperidine rings is 1. The summed E-state index contributed by atoms with van der Waals surface area (Å²) < 4.78 is 11.1. The van der Waals surface area contributed by atoms with Crippen molar-refractivity contribution in [2.24, 2.45) is 11.8 Å². The Balaban J connectivity index is 3.51. The van der Waals surface area contributed by atoms with Crippen LogP contribution in [0.3, 0.4) is 0 Å². The molecule has 2 amide bonds. The van der Waals surface area contributed by atoms with Gasteiger partial charge in [-0.3, -0.25) is 24.1 Å². The molecule has 1 rings (SSSR count). The molecule has 1 unspecified atom stereocenters. The lowest BCUT2D eigenvalue weighted by molar-refractivity contribution is -0.160. The lowest BCUT2D eigenvalue weighted by atomic mass is 9.92. The van der Waals surface area contributed by atoms with Crippen molar-refractivity contribution >= 4 is 41.5 Å². The summed E-state index contributed by atoms with van der Waals surface area (Å²) in [5.74, 6) is -1.37. The standard InChI is InChI=1S/C33H51N3O8S/c1-10-15-29(38)43-20-36(32(40)30(22(6)11-2)34-31(39)26-16-13-14-17-35(26)9)27(21(4)5)18-28(44-24(8)37)23(7)45-19-25(12-3)33(41)42/h3,19,21-22,26-28,30H,7,10-11,13-18,20H2,1-2,4-6,8-9H3,(H,34,39)(H,41,42)/b25-19+/t22-,26+,27?,28+,30-/m0/s1. The average molecular weight is 650 g/mol. The van der Waals surface area contributed by atoms with E-state index in [1.807, 2.05) is 46.6 Å². The molecule has 1 saturated heterocycles. The maximum absolute atomic E-state index is 14.4. The van der Waals surface area contributed by atoms with Crippen LogP contribution >= 0.6 is 11.8 Å². The summed E-state index contributed by atoms with van der Waals surface area (Å²) >= 11 is 0.918. The topological polar surface area (TPSA) is 143 Å². The van der Waals surface area contributed by atoms with E-state index in [2.05, 4.69) is 17.8 Å². The van der Waals surface area contributed by atoms with Gasteiger partial charge >= 0.3 is 17.9 Å². The van der Waals surface area contributed by atoms with Gasteiger partial charge in [-0.15, -0.1) is 6.42 Å². The summed E-state index contributed by atoms with van der Waals surface area (Å²) in [6.45, 7) is 15.1. The third-order valence-corrected chi connectivity index (χ3v) is 8.88. The number of esters is 2. The number of carbonyl (C=O) groups excluding carboxylic acids is 4. The van der Waals surface area contributed by atoms with Gasteiger partial charge in [-0.25, -0.2) is 4.79 Å². The number of carboxylic acids is 1. The number of aliphatic carboxylic acids is 1. The van der Waals surface area contributed by atoms with Crippen LogP contribution in [0.1, 0.15) is 86.5 Å². The quantitative estimate of drug-likeness (QED) is 0.0954. The fourth-order valence-corrected chi connectivity index (χ4v) is 5.77. The fraction of sp³-hybridized carbons (Fsp3) is 0.667. The number of carbonyl (C=O) groups is 5. The van der Waals surface area contributed by atoms with Crippen LogP contribution in [0.4, 0.5) is 0 Å². The Bertz CT molecular complexity index is 1130. The summed E-state index contributed by atoms with van der Waals surface area (Å²) in [6.07, 6.45) is 8.37. The minimum Gasteiger partial charge on any atom is -0.477 e. The normalized spacial score (nSPS) is 18.1. The van der Waals surface area contributed by atoms with Gasteiger partial charge in [0.25, 0.3) is 0 Å². The number of carboxylic acid groups (broad SMARTS) is 1. The number of ether oxygens (including phenoxy) is 2. The van der Waals surface area contributed by atoms with Crippen molar-refractivity contribution in [2.75, 3.05) is 20.3 Å². The Morgan fingerprint density at radius 2 is 1.87 bits per heavy atom. The summed E-state index contributed by atoms with van der Waals surface area (Å²) in [5.41, 5.74) is -0.293. The third kappa shape index (κ3) is 12.9. The van der Waals surface area contributed by atoms with E-state index in [0.717, 1.165) is 31.1 Å². The number of hydrogen-bond donors (Lipinski definition) is 2. The Labute approximate surface area is 272 Å². The van der Waals surface area contributed by atoms with Gasteiger partial charge in [-0.2, -0.15) is 0 Å². The van der Waals surface area contributed by atoms with E-state index in [-0.39, 0.29) is 48.9 Å². The second-order valence-electron chi connectivity index (χ2n) is 11.8. The van der Waals surface area contributed by atoms with E-state index < -0.39 is 42.0 Å². The highest BCUT2D eigenvalue weighted by molar-refractivity contribution is 8.05. The second kappa shape index (κ2) is 20.0. The van der Waals surface area contributed by atoms with Crippen LogP contribution in [0.25, 0.3) is 0 Å². The minimum atomic E-state index is -1.29. The summed E-state index contributed by atoms with van der Waals surface area (Å²) in [5, 5.41) is 13.5. The molecule has 0 saturated carbocycles. The lowest BCUT2D eigenvalue weighted by Gasteiger charge is -2.40. The zero-order valence-corrected chi connectivity index (χ0v) is 28.6. The zero-order valence-electron chi connectivity index (χ0n) is 27.8. The average Bonchev–Trinajstić information content (AvgIpc) is 2.98. The molecule has 2 N–H and O–H groups in total. The molecule has 1 fully saturated rings. The predicted molar refractivity (Wildman–Crippen MR) is 174 cm³/mol. The van der Waals surface area contributed by atoms with Gasteiger partial charge in [0, 0.05) is 30.7 Å². The number of rotatable bonds is 18. The Morgan fingerprint density at radius 1 is 1.20 bits per heavy atom. The molecule has 0 aromatic rings. The highest BCUT2D eigenvalue weighted by Gasteiger charge is 2.39. The van der Waals surface area contributed by atoms with Gasteiger partial charge in [0.2, 0.25) is 11.8 Å². The molecule has 0 aromatic heterocycles. The van der Waals surface area contributed by atoms with Crippen LogP contribution in [0.15, 0.2) is 22.5 Å². The number of likely N-dealkylation sites (tertiary alicyclic amines) is 1. The van der Waals surface area contributed by atoms with E-state index in [9.17, 15) is 29.1 Å². The fourth-order valence-electron chi connectivity index (χ4n) is 5.04. The molecule has 0 bridgehead atoms. The first-order valence-corrected chi connectivity index (χ1v) is 16.5. The molecule has 45 heavy (non-hydrogen) atoms. The van der Waals surface area contributed by atoms with E-state index >= 15 is 0 Å². The van der Waals surface area contributed by atoms with Crippen molar-refractivity contribution in [1.82, 2.24) is 15.1 Å². The molecular weight excluding hydrogens is 598 g/mol. The number of terminal acetylenes is 1. The van der Waals surface area contributed by atoms with Crippen LogP contribution in [0.2, 0.25) is 0 Å². The van der Waals surface area contributed by atoms with Crippen molar-refractivity contribution in [3.8, 4) is 12.3 Å². The van der Waals surface area contributed by atoms with Gasteiger partial charge in [0.05, 0.1) is 6.04 Å². The second-order valence-corrected chi connectivity index (χ2v) is 12.8. The van der Waals surface area contributed by atoms with Crippen molar-refractivity contribution in [1.29, 1.82) is 0 Å². The number of thioether (sulfide) groups is 1. The molecule has 5 atom stereocenters. The Hall–Kier alpha value is -3.30. The van der Waals surface area contributed by atoms with Crippen LogP contribution in [0, 0.1) is 24.2 Å². The molecule has 12 heteroatoms. The van der Waals surface area contributed by atoms with Crippen LogP contribution in [-0.2, 0) is 33.4 Å². The van der Waals surface area contributed by atoms with Gasteiger partial charge in [-0.1, -0.05) is 71.7 Å². The molecular formula is C33H51N3O8S. The molecule has 0 radical (unpaired) electrons. The minimum absolute atomic E-state index is 0.0684. The molecule has 252 valence electrons. The van der Waals surface area contributed by atoms with Crippen molar-refractivity contribution < 1.29 is 38.6 Å². The molecule has 1 aliphatic heterocycles. The molecule has 0 spiro atoms. The Morgan fingerprint density at radius 3 is 2.38 bits per heavy atom. The van der Waals surface area contributed by atoms with E-state index in [0.29, 0.717) is 24.2 Å². The summed E-state index contributed by atoms with van der Waals surface area (Å²) in [6, 6.07) is -1.88.